The van der Waals surface area contributed by atoms with Crippen LogP contribution in [0.25, 0.3) is 77.2 Å². The minimum Gasteiger partial charge on any atom is -0.309 e. The van der Waals surface area contributed by atoms with Gasteiger partial charge < -0.3 is 9.13 Å². The zero-order valence-corrected chi connectivity index (χ0v) is 25.8. The third-order valence-corrected chi connectivity index (χ3v) is 9.39. The first-order valence-electron chi connectivity index (χ1n) is 15.9. The van der Waals surface area contributed by atoms with Gasteiger partial charge in [-0.3, -0.25) is 0 Å². The fraction of sp³-hybridized carbons (Fsp3) is 0. The molecule has 0 N–H and O–H groups in total. The predicted molar refractivity (Wildman–Crippen MR) is 195 cm³/mol. The van der Waals surface area contributed by atoms with Crippen molar-refractivity contribution in [3.8, 4) is 45.8 Å². The summed E-state index contributed by atoms with van der Waals surface area (Å²) in [5, 5.41) is 25.7. The van der Waals surface area contributed by atoms with Crippen molar-refractivity contribution in [1.29, 1.82) is 10.5 Å². The van der Waals surface area contributed by atoms with Crippen molar-refractivity contribution in [1.82, 2.24) is 9.13 Å². The van der Waals surface area contributed by atoms with Gasteiger partial charge in [-0.15, -0.1) is 0 Å². The van der Waals surface area contributed by atoms with Crippen LogP contribution in [0, 0.1) is 22.7 Å². The van der Waals surface area contributed by atoms with E-state index >= 15 is 0 Å². The standard InChI is InChI=1S/C44H26N4/c45-27-29-24-30(26-31(25-29)47-40-19-6-2-13-35(40)36-14-3-7-20-41(36)47)32-17-11-18-33(39(32)28-46)34-12-1-8-21-42(34)48-43-22-9-4-15-37(43)38-16-5-10-23-44(38)48/h1-26H. The van der Waals surface area contributed by atoms with Gasteiger partial charge in [0.05, 0.1) is 45.0 Å². The molecule has 4 nitrogen and oxygen atoms in total. The Morgan fingerprint density at radius 2 is 0.875 bits per heavy atom. The minimum atomic E-state index is 0.532. The van der Waals surface area contributed by atoms with E-state index in [1.165, 1.54) is 10.8 Å². The molecule has 0 radical (unpaired) electrons. The molecule has 0 unspecified atom stereocenters. The van der Waals surface area contributed by atoms with Crippen LogP contribution in [0.1, 0.15) is 11.1 Å². The molecule has 0 aliphatic carbocycles. The summed E-state index contributed by atoms with van der Waals surface area (Å²) < 4.78 is 4.51. The van der Waals surface area contributed by atoms with E-state index in [1.54, 1.807) is 0 Å². The Hall–Kier alpha value is -6.88. The van der Waals surface area contributed by atoms with Crippen LogP contribution >= 0.6 is 0 Å². The molecule has 0 saturated heterocycles. The first-order valence-corrected chi connectivity index (χ1v) is 15.9. The van der Waals surface area contributed by atoms with Gasteiger partial charge >= 0.3 is 0 Å². The smallest absolute Gasteiger partial charge is 0.100 e. The average Bonchev–Trinajstić information content (AvgIpc) is 3.67. The van der Waals surface area contributed by atoms with Crippen LogP contribution in [-0.4, -0.2) is 9.13 Å². The summed E-state index contributed by atoms with van der Waals surface area (Å²) in [5.74, 6) is 0. The van der Waals surface area contributed by atoms with Crippen molar-refractivity contribution in [3.63, 3.8) is 0 Å². The Morgan fingerprint density at radius 1 is 0.396 bits per heavy atom. The number of rotatable bonds is 4. The molecule has 48 heavy (non-hydrogen) atoms. The van der Waals surface area contributed by atoms with E-state index in [2.05, 4.69) is 124 Å². The first-order chi connectivity index (χ1) is 23.7. The Kier molecular flexibility index (Phi) is 6.22. The zero-order valence-electron chi connectivity index (χ0n) is 25.8. The van der Waals surface area contributed by atoms with E-state index in [-0.39, 0.29) is 0 Å². The highest BCUT2D eigenvalue weighted by Gasteiger charge is 2.20. The lowest BCUT2D eigenvalue weighted by Gasteiger charge is -2.17. The highest BCUT2D eigenvalue weighted by atomic mass is 15.0. The molecule has 0 saturated carbocycles. The van der Waals surface area contributed by atoms with E-state index < -0.39 is 0 Å². The molecule has 7 aromatic carbocycles. The van der Waals surface area contributed by atoms with E-state index in [1.807, 2.05) is 54.6 Å². The van der Waals surface area contributed by atoms with Gasteiger partial charge in [-0.2, -0.15) is 10.5 Å². The van der Waals surface area contributed by atoms with Gasteiger partial charge in [0.1, 0.15) is 6.07 Å². The molecule has 2 aromatic heterocycles. The maximum absolute atomic E-state index is 10.8. The second-order valence-electron chi connectivity index (χ2n) is 12.0. The maximum atomic E-state index is 10.8. The summed E-state index contributed by atoms with van der Waals surface area (Å²) in [6, 6.07) is 58.7. The van der Waals surface area contributed by atoms with Gasteiger partial charge in [0, 0.05) is 43.9 Å². The Morgan fingerprint density at radius 3 is 1.44 bits per heavy atom. The summed E-state index contributed by atoms with van der Waals surface area (Å²) in [6.07, 6.45) is 0. The molecule has 9 aromatic rings. The monoisotopic (exact) mass is 610 g/mol. The van der Waals surface area contributed by atoms with Crippen molar-refractivity contribution in [2.24, 2.45) is 0 Å². The number of benzene rings is 7. The van der Waals surface area contributed by atoms with Crippen molar-refractivity contribution in [2.75, 3.05) is 0 Å². The number of aromatic nitrogens is 2. The van der Waals surface area contributed by atoms with Crippen LogP contribution < -0.4 is 0 Å². The molecule has 2 heterocycles. The maximum Gasteiger partial charge on any atom is 0.100 e. The van der Waals surface area contributed by atoms with Crippen LogP contribution in [0.15, 0.2) is 158 Å². The quantitative estimate of drug-likeness (QED) is 0.199. The number of hydrogen-bond acceptors (Lipinski definition) is 2. The van der Waals surface area contributed by atoms with Gasteiger partial charge in [0.25, 0.3) is 0 Å². The van der Waals surface area contributed by atoms with Crippen molar-refractivity contribution in [2.45, 2.75) is 0 Å². The molecule has 4 heteroatoms. The second kappa shape index (κ2) is 10.9. The number of para-hydroxylation sites is 5. The molecule has 0 aliphatic heterocycles. The highest BCUT2D eigenvalue weighted by molar-refractivity contribution is 6.10. The molecule has 222 valence electrons. The molecule has 0 aliphatic rings. The molecule has 0 fully saturated rings. The van der Waals surface area contributed by atoms with Crippen LogP contribution in [-0.2, 0) is 0 Å². The highest BCUT2D eigenvalue weighted by Crippen LogP contribution is 2.40. The lowest BCUT2D eigenvalue weighted by molar-refractivity contribution is 1.18. The Labute approximate surface area is 277 Å². The fourth-order valence-corrected chi connectivity index (χ4v) is 7.38. The van der Waals surface area contributed by atoms with Crippen molar-refractivity contribution < 1.29 is 0 Å². The van der Waals surface area contributed by atoms with Crippen LogP contribution in [0.5, 0.6) is 0 Å². The predicted octanol–water partition coefficient (Wildman–Crippen LogP) is 11.0. The number of nitriles is 2. The fourth-order valence-electron chi connectivity index (χ4n) is 7.38. The summed E-state index contributed by atoms with van der Waals surface area (Å²) >= 11 is 0. The topological polar surface area (TPSA) is 57.4 Å². The van der Waals surface area contributed by atoms with Crippen molar-refractivity contribution in [3.05, 3.63) is 169 Å². The van der Waals surface area contributed by atoms with Gasteiger partial charge in [-0.1, -0.05) is 109 Å². The summed E-state index contributed by atoms with van der Waals surface area (Å²) in [6.45, 7) is 0. The largest absolute Gasteiger partial charge is 0.309 e. The summed E-state index contributed by atoms with van der Waals surface area (Å²) in [7, 11) is 0. The molecule has 0 amide bonds. The Bertz CT molecular complexity index is 2710. The Balaban J connectivity index is 1.28. The van der Waals surface area contributed by atoms with Gasteiger partial charge in [0.2, 0.25) is 0 Å². The van der Waals surface area contributed by atoms with E-state index in [9.17, 15) is 10.5 Å². The SMILES string of the molecule is N#Cc1cc(-c2cccc(-c3ccccc3-n3c4ccccc4c4ccccc43)c2C#N)cc(-n2c3ccccc3c3ccccc32)c1. The van der Waals surface area contributed by atoms with E-state index in [0.29, 0.717) is 11.1 Å². The number of nitrogens with zero attached hydrogens (tertiary/aromatic N) is 4. The van der Waals surface area contributed by atoms with Crippen molar-refractivity contribution >= 4 is 43.6 Å². The lowest BCUT2D eigenvalue weighted by Crippen LogP contribution is -1.99. The third-order valence-electron chi connectivity index (χ3n) is 9.39. The van der Waals surface area contributed by atoms with Crippen LogP contribution in [0.2, 0.25) is 0 Å². The van der Waals surface area contributed by atoms with E-state index in [0.717, 1.165) is 66.5 Å². The third kappa shape index (κ3) is 4.07. The number of fused-ring (bicyclic) bond motifs is 6. The first kappa shape index (κ1) is 27.4. The molecule has 9 rings (SSSR count). The lowest BCUT2D eigenvalue weighted by atomic mass is 9.91. The minimum absolute atomic E-state index is 0.532. The van der Waals surface area contributed by atoms with E-state index in [4.69, 9.17) is 0 Å². The zero-order chi connectivity index (χ0) is 32.2. The van der Waals surface area contributed by atoms with Crippen LogP contribution in [0.4, 0.5) is 0 Å². The van der Waals surface area contributed by atoms with Gasteiger partial charge in [0.15, 0.2) is 0 Å². The molecule has 0 bridgehead atoms. The van der Waals surface area contributed by atoms with Gasteiger partial charge in [-0.25, -0.2) is 0 Å². The molecule has 0 atom stereocenters. The summed E-state index contributed by atoms with van der Waals surface area (Å²) in [5.41, 5.74) is 10.7. The molecular weight excluding hydrogens is 585 g/mol. The summed E-state index contributed by atoms with van der Waals surface area (Å²) in [4.78, 5) is 0. The molecule has 0 spiro atoms. The normalized spacial score (nSPS) is 11.3. The number of hydrogen-bond donors (Lipinski definition) is 0. The second-order valence-corrected chi connectivity index (χ2v) is 12.0. The van der Waals surface area contributed by atoms with Crippen LogP contribution in [0.3, 0.4) is 0 Å². The molecular formula is C44H26N4. The average molecular weight is 611 g/mol. The van der Waals surface area contributed by atoms with Gasteiger partial charge in [-0.05, 0) is 54.1 Å².